The highest BCUT2D eigenvalue weighted by atomic mass is 16.5. The van der Waals surface area contributed by atoms with Crippen LogP contribution in [0.1, 0.15) is 43.7 Å². The van der Waals surface area contributed by atoms with Crippen LogP contribution < -0.4 is 5.32 Å². The Bertz CT molecular complexity index is 609. The monoisotopic (exact) mass is 334 g/mol. The normalized spacial score (nSPS) is 19.9. The third-order valence-corrected chi connectivity index (χ3v) is 4.73. The summed E-state index contributed by atoms with van der Waals surface area (Å²) in [5.41, 5.74) is 0.753. The van der Waals surface area contributed by atoms with Gasteiger partial charge in [0.15, 0.2) is 0 Å². The summed E-state index contributed by atoms with van der Waals surface area (Å²) in [4.78, 5) is 30.9. The smallest absolute Gasteiger partial charge is 0.226 e. The van der Waals surface area contributed by atoms with Crippen LogP contribution in [0.15, 0.2) is 6.20 Å². The summed E-state index contributed by atoms with van der Waals surface area (Å²) < 4.78 is 6.99. The fourth-order valence-electron chi connectivity index (χ4n) is 3.18. The topological polar surface area (TPSA) is 76.5 Å². The molecule has 7 nitrogen and oxygen atoms in total. The van der Waals surface area contributed by atoms with Gasteiger partial charge in [-0.05, 0) is 25.7 Å². The first-order valence-corrected chi connectivity index (χ1v) is 8.69. The lowest BCUT2D eigenvalue weighted by atomic mass is 10.1. The van der Waals surface area contributed by atoms with E-state index in [2.05, 4.69) is 14.9 Å². The first-order chi connectivity index (χ1) is 11.6. The molecule has 1 saturated carbocycles. The zero-order valence-electron chi connectivity index (χ0n) is 14.5. The van der Waals surface area contributed by atoms with Gasteiger partial charge in [-0.2, -0.15) is 0 Å². The number of aromatic nitrogens is 2. The molecule has 24 heavy (non-hydrogen) atoms. The maximum atomic E-state index is 12.4. The van der Waals surface area contributed by atoms with Crippen LogP contribution >= 0.6 is 0 Å². The number of carbonyl (C=O) groups is 2. The summed E-state index contributed by atoms with van der Waals surface area (Å²) in [6.07, 6.45) is 5.23. The Morgan fingerprint density at radius 2 is 2.17 bits per heavy atom. The van der Waals surface area contributed by atoms with E-state index in [4.69, 9.17) is 4.74 Å². The second-order valence-electron chi connectivity index (χ2n) is 6.71. The molecule has 1 aliphatic heterocycles. The number of methoxy groups -OCH3 is 1. The summed E-state index contributed by atoms with van der Waals surface area (Å²) in [6.45, 7) is 4.48. The van der Waals surface area contributed by atoms with Crippen molar-refractivity contribution in [3.63, 3.8) is 0 Å². The highest BCUT2D eigenvalue weighted by Gasteiger charge is 2.33. The zero-order chi connectivity index (χ0) is 17.1. The van der Waals surface area contributed by atoms with Gasteiger partial charge in [-0.1, -0.05) is 0 Å². The van der Waals surface area contributed by atoms with Crippen LogP contribution in [0.3, 0.4) is 0 Å². The average Bonchev–Trinajstić information content (AvgIpc) is 3.25. The van der Waals surface area contributed by atoms with E-state index in [1.807, 2.05) is 18.0 Å². The fourth-order valence-corrected chi connectivity index (χ4v) is 3.18. The molecule has 2 heterocycles. The lowest BCUT2D eigenvalue weighted by Crippen LogP contribution is -2.41. The van der Waals surface area contributed by atoms with Crippen LogP contribution in [0.25, 0.3) is 0 Å². The van der Waals surface area contributed by atoms with Gasteiger partial charge in [0.1, 0.15) is 5.82 Å². The molecule has 132 valence electrons. The maximum absolute atomic E-state index is 12.4. The number of ether oxygens (including phenoxy) is 1. The van der Waals surface area contributed by atoms with Gasteiger partial charge < -0.3 is 19.5 Å². The van der Waals surface area contributed by atoms with E-state index in [1.54, 1.807) is 7.11 Å². The van der Waals surface area contributed by atoms with Gasteiger partial charge in [-0.15, -0.1) is 0 Å². The van der Waals surface area contributed by atoms with Crippen molar-refractivity contribution in [2.45, 2.75) is 45.2 Å². The number of imidazole rings is 1. The molecule has 0 radical (unpaired) electrons. The van der Waals surface area contributed by atoms with E-state index in [1.165, 1.54) is 12.8 Å². The molecular weight excluding hydrogens is 308 g/mol. The van der Waals surface area contributed by atoms with Crippen molar-refractivity contribution in [1.29, 1.82) is 0 Å². The highest BCUT2D eigenvalue weighted by molar-refractivity contribution is 5.78. The SMILES string of the molecule is COCCNC(=O)Cc1cn2c(n1)C(C)N(C(=O)CC1CC1)CC2. The van der Waals surface area contributed by atoms with E-state index < -0.39 is 0 Å². The molecule has 0 aromatic carbocycles. The second-order valence-corrected chi connectivity index (χ2v) is 6.71. The number of carbonyl (C=O) groups excluding carboxylic acids is 2. The minimum Gasteiger partial charge on any atom is -0.383 e. The molecule has 1 aliphatic carbocycles. The Morgan fingerprint density at radius 3 is 2.88 bits per heavy atom. The van der Waals surface area contributed by atoms with Crippen molar-refractivity contribution >= 4 is 11.8 Å². The molecule has 3 rings (SSSR count). The Morgan fingerprint density at radius 1 is 1.38 bits per heavy atom. The first kappa shape index (κ1) is 17.0. The fraction of sp³-hybridized carbons (Fsp3) is 0.706. The summed E-state index contributed by atoms with van der Waals surface area (Å²) in [5, 5.41) is 2.80. The molecule has 0 spiro atoms. The maximum Gasteiger partial charge on any atom is 0.226 e. The number of fused-ring (bicyclic) bond motifs is 1. The van der Waals surface area contributed by atoms with Crippen molar-refractivity contribution < 1.29 is 14.3 Å². The number of hydrogen-bond acceptors (Lipinski definition) is 4. The molecular formula is C17H26N4O3. The second kappa shape index (κ2) is 7.34. The quantitative estimate of drug-likeness (QED) is 0.752. The van der Waals surface area contributed by atoms with Gasteiger partial charge in [-0.3, -0.25) is 9.59 Å². The molecule has 0 bridgehead atoms. The Balaban J connectivity index is 1.60. The molecule has 0 saturated heterocycles. The standard InChI is InChI=1S/C17H26N4O3/c1-12-17-19-14(10-15(22)18-5-8-24-2)11-20(17)6-7-21(12)16(23)9-13-3-4-13/h11-13H,3-10H2,1-2H3,(H,18,22). The van der Waals surface area contributed by atoms with Crippen molar-refractivity contribution in [2.75, 3.05) is 26.8 Å². The predicted molar refractivity (Wildman–Crippen MR) is 88.3 cm³/mol. The summed E-state index contributed by atoms with van der Waals surface area (Å²) in [6, 6.07) is -0.0321. The number of nitrogens with zero attached hydrogens (tertiary/aromatic N) is 3. The van der Waals surface area contributed by atoms with Gasteiger partial charge in [0.2, 0.25) is 11.8 Å². The van der Waals surface area contributed by atoms with E-state index >= 15 is 0 Å². The molecule has 2 aliphatic rings. The number of hydrogen-bond donors (Lipinski definition) is 1. The van der Waals surface area contributed by atoms with Crippen LogP contribution in [0.2, 0.25) is 0 Å². The largest absolute Gasteiger partial charge is 0.383 e. The van der Waals surface area contributed by atoms with Crippen molar-refractivity contribution in [1.82, 2.24) is 19.8 Å². The minimum atomic E-state index is -0.0585. The van der Waals surface area contributed by atoms with Gasteiger partial charge in [0.05, 0.1) is 24.8 Å². The summed E-state index contributed by atoms with van der Waals surface area (Å²) >= 11 is 0. The molecule has 1 N–H and O–H groups in total. The Labute approximate surface area is 142 Å². The molecule has 7 heteroatoms. The van der Waals surface area contributed by atoms with E-state index in [0.29, 0.717) is 25.5 Å². The van der Waals surface area contributed by atoms with Crippen molar-refractivity contribution in [3.8, 4) is 0 Å². The van der Waals surface area contributed by atoms with Gasteiger partial charge in [-0.25, -0.2) is 4.98 Å². The van der Waals surface area contributed by atoms with Crippen LogP contribution in [0.4, 0.5) is 0 Å². The van der Waals surface area contributed by atoms with Gasteiger partial charge >= 0.3 is 0 Å². The third-order valence-electron chi connectivity index (χ3n) is 4.73. The lowest BCUT2D eigenvalue weighted by molar-refractivity contribution is -0.135. The number of amides is 2. The minimum absolute atomic E-state index is 0.0321. The molecule has 2 amide bonds. The first-order valence-electron chi connectivity index (χ1n) is 8.69. The summed E-state index contributed by atoms with van der Waals surface area (Å²) in [7, 11) is 1.60. The third kappa shape index (κ3) is 3.95. The van der Waals surface area contributed by atoms with E-state index in [-0.39, 0.29) is 24.3 Å². The molecule has 1 aromatic rings. The van der Waals surface area contributed by atoms with Crippen LogP contribution in [-0.4, -0.2) is 53.1 Å². The van der Waals surface area contributed by atoms with Crippen LogP contribution in [-0.2, 0) is 27.3 Å². The molecule has 1 unspecified atom stereocenters. The average molecular weight is 334 g/mol. The van der Waals surface area contributed by atoms with E-state index in [0.717, 1.165) is 24.6 Å². The van der Waals surface area contributed by atoms with Gasteiger partial charge in [0.25, 0.3) is 0 Å². The Kier molecular flexibility index (Phi) is 5.18. The van der Waals surface area contributed by atoms with Gasteiger partial charge in [0, 0.05) is 39.4 Å². The molecule has 1 aromatic heterocycles. The van der Waals surface area contributed by atoms with Crippen LogP contribution in [0.5, 0.6) is 0 Å². The highest BCUT2D eigenvalue weighted by Crippen LogP contribution is 2.34. The Hall–Kier alpha value is -1.89. The van der Waals surface area contributed by atoms with Crippen molar-refractivity contribution in [3.05, 3.63) is 17.7 Å². The zero-order valence-corrected chi connectivity index (χ0v) is 14.5. The van der Waals surface area contributed by atoms with Crippen LogP contribution in [0, 0.1) is 5.92 Å². The predicted octanol–water partition coefficient (Wildman–Crippen LogP) is 0.891. The number of nitrogens with one attached hydrogen (secondary N) is 1. The van der Waals surface area contributed by atoms with E-state index in [9.17, 15) is 9.59 Å². The molecule has 1 fully saturated rings. The number of rotatable bonds is 7. The summed E-state index contributed by atoms with van der Waals surface area (Å²) in [5.74, 6) is 1.65. The van der Waals surface area contributed by atoms with Crippen molar-refractivity contribution in [2.24, 2.45) is 5.92 Å². The molecule has 1 atom stereocenters. The lowest BCUT2D eigenvalue weighted by Gasteiger charge is -2.34.